The monoisotopic (exact) mass is 296 g/mol. The maximum atomic E-state index is 13.6. The first-order valence-electron chi connectivity index (χ1n) is 6.60. The number of benzene rings is 1. The van der Waals surface area contributed by atoms with Crippen LogP contribution < -0.4 is 10.2 Å². The Morgan fingerprint density at radius 3 is 2.60 bits per heavy atom. The largest absolute Gasteiger partial charge is 0.340 e. The smallest absolute Gasteiger partial charge is 0.253 e. The number of nitrogens with one attached hydrogen (secondary N) is 1. The Morgan fingerprint density at radius 2 is 1.95 bits per heavy atom. The number of halogens is 2. The molecule has 1 aromatic rings. The molecule has 0 atom stereocenters. The van der Waals surface area contributed by atoms with Crippen molar-refractivity contribution in [3.05, 3.63) is 29.0 Å². The molecule has 2 fully saturated rings. The summed E-state index contributed by atoms with van der Waals surface area (Å²) >= 11 is 5.65. The van der Waals surface area contributed by atoms with Gasteiger partial charge in [-0.3, -0.25) is 9.59 Å². The second-order valence-electron chi connectivity index (χ2n) is 5.33. The standard InChI is InChI=1S/C14H14ClFN2O2/c15-10-4-3-9(7-11(10)16)18-8-12(19)17-14(13(18)20)5-1-2-6-14/h3-4,7H,1-2,5-6,8H2,(H,17,19). The lowest BCUT2D eigenvalue weighted by Gasteiger charge is -2.39. The summed E-state index contributed by atoms with van der Waals surface area (Å²) in [6.07, 6.45) is 3.11. The van der Waals surface area contributed by atoms with Crippen molar-refractivity contribution in [3.63, 3.8) is 0 Å². The van der Waals surface area contributed by atoms with Gasteiger partial charge in [0.1, 0.15) is 17.9 Å². The number of piperazine rings is 1. The Balaban J connectivity index is 1.97. The van der Waals surface area contributed by atoms with E-state index in [1.54, 1.807) is 6.07 Å². The number of nitrogens with zero attached hydrogens (tertiary/aromatic N) is 1. The summed E-state index contributed by atoms with van der Waals surface area (Å²) in [4.78, 5) is 25.9. The topological polar surface area (TPSA) is 49.4 Å². The van der Waals surface area contributed by atoms with E-state index in [1.165, 1.54) is 17.0 Å². The molecule has 4 nitrogen and oxygen atoms in total. The highest BCUT2D eigenvalue weighted by Gasteiger charge is 2.48. The van der Waals surface area contributed by atoms with Gasteiger partial charge in [-0.15, -0.1) is 0 Å². The van der Waals surface area contributed by atoms with Gasteiger partial charge < -0.3 is 10.2 Å². The number of rotatable bonds is 1. The van der Waals surface area contributed by atoms with Crippen molar-refractivity contribution in [1.82, 2.24) is 5.32 Å². The van der Waals surface area contributed by atoms with Crippen LogP contribution in [0.1, 0.15) is 25.7 Å². The summed E-state index contributed by atoms with van der Waals surface area (Å²) in [7, 11) is 0. The van der Waals surface area contributed by atoms with Crippen LogP contribution in [0.4, 0.5) is 10.1 Å². The highest BCUT2D eigenvalue weighted by Crippen LogP contribution is 2.35. The zero-order chi connectivity index (χ0) is 14.3. The Labute approximate surface area is 120 Å². The van der Waals surface area contributed by atoms with Crippen molar-refractivity contribution in [3.8, 4) is 0 Å². The van der Waals surface area contributed by atoms with Gasteiger partial charge in [-0.25, -0.2) is 4.39 Å². The van der Waals surface area contributed by atoms with Gasteiger partial charge in [0.2, 0.25) is 5.91 Å². The van der Waals surface area contributed by atoms with Crippen LogP contribution in [0.15, 0.2) is 18.2 Å². The van der Waals surface area contributed by atoms with Gasteiger partial charge >= 0.3 is 0 Å². The second kappa shape index (κ2) is 4.74. The molecule has 0 bridgehead atoms. The van der Waals surface area contributed by atoms with E-state index in [9.17, 15) is 14.0 Å². The van der Waals surface area contributed by atoms with Crippen LogP contribution in [0.2, 0.25) is 5.02 Å². The van der Waals surface area contributed by atoms with E-state index in [1.807, 2.05) is 0 Å². The Hall–Kier alpha value is -1.62. The highest BCUT2D eigenvalue weighted by atomic mass is 35.5. The molecule has 1 aliphatic carbocycles. The number of carbonyl (C=O) groups is 2. The second-order valence-corrected chi connectivity index (χ2v) is 5.73. The minimum Gasteiger partial charge on any atom is -0.340 e. The fraction of sp³-hybridized carbons (Fsp3) is 0.429. The molecule has 1 aliphatic heterocycles. The average Bonchev–Trinajstić information content (AvgIpc) is 2.86. The van der Waals surface area contributed by atoms with E-state index in [2.05, 4.69) is 5.32 Å². The molecule has 0 radical (unpaired) electrons. The Morgan fingerprint density at radius 1 is 1.25 bits per heavy atom. The van der Waals surface area contributed by atoms with Gasteiger partial charge in [0.05, 0.1) is 5.02 Å². The molecule has 2 amide bonds. The van der Waals surface area contributed by atoms with E-state index in [0.717, 1.165) is 12.8 Å². The summed E-state index contributed by atoms with van der Waals surface area (Å²) in [5.74, 6) is -0.957. The van der Waals surface area contributed by atoms with Crippen LogP contribution in [0.5, 0.6) is 0 Å². The third-order valence-corrected chi connectivity index (χ3v) is 4.31. The predicted molar refractivity (Wildman–Crippen MR) is 73.1 cm³/mol. The molecule has 0 aromatic heterocycles. The Bertz CT molecular complexity index is 585. The van der Waals surface area contributed by atoms with E-state index < -0.39 is 11.4 Å². The van der Waals surface area contributed by atoms with Crippen molar-refractivity contribution >= 4 is 29.1 Å². The molecule has 1 saturated carbocycles. The first-order valence-corrected chi connectivity index (χ1v) is 6.98. The molecule has 0 unspecified atom stereocenters. The lowest BCUT2D eigenvalue weighted by atomic mass is 9.92. The molecule has 20 heavy (non-hydrogen) atoms. The molecular formula is C14H14ClFN2O2. The van der Waals surface area contributed by atoms with Gasteiger partial charge in [-0.05, 0) is 31.0 Å². The first-order chi connectivity index (χ1) is 9.52. The van der Waals surface area contributed by atoms with E-state index in [-0.39, 0.29) is 23.4 Å². The number of carbonyl (C=O) groups excluding carboxylic acids is 2. The van der Waals surface area contributed by atoms with Gasteiger partial charge in [0.15, 0.2) is 0 Å². The van der Waals surface area contributed by atoms with E-state index in [0.29, 0.717) is 18.5 Å². The van der Waals surface area contributed by atoms with Crippen LogP contribution in [-0.2, 0) is 9.59 Å². The van der Waals surface area contributed by atoms with Crippen LogP contribution in [0, 0.1) is 5.82 Å². The van der Waals surface area contributed by atoms with Gasteiger partial charge in [-0.2, -0.15) is 0 Å². The van der Waals surface area contributed by atoms with E-state index >= 15 is 0 Å². The van der Waals surface area contributed by atoms with Gasteiger partial charge in [-0.1, -0.05) is 24.4 Å². The molecule has 1 N–H and O–H groups in total. The third-order valence-electron chi connectivity index (χ3n) is 4.01. The summed E-state index contributed by atoms with van der Waals surface area (Å²) in [6.45, 7) is -0.0817. The molecule has 1 spiro atoms. The molecule has 6 heteroatoms. The number of anilines is 1. The maximum absolute atomic E-state index is 13.6. The molecule has 1 aromatic carbocycles. The lowest BCUT2D eigenvalue weighted by molar-refractivity contribution is -0.135. The Kier molecular flexibility index (Phi) is 3.17. The van der Waals surface area contributed by atoms with Crippen molar-refractivity contribution in [2.75, 3.05) is 11.4 Å². The molecule has 1 heterocycles. The van der Waals surface area contributed by atoms with Crippen LogP contribution >= 0.6 is 11.6 Å². The lowest BCUT2D eigenvalue weighted by Crippen LogP contribution is -2.65. The van der Waals surface area contributed by atoms with Gasteiger partial charge in [0, 0.05) is 5.69 Å². The predicted octanol–water partition coefficient (Wildman–Crippen LogP) is 2.25. The maximum Gasteiger partial charge on any atom is 0.253 e. The summed E-state index contributed by atoms with van der Waals surface area (Å²) in [6, 6.07) is 4.15. The normalized spacial score (nSPS) is 21.4. The number of amides is 2. The first kappa shape index (κ1) is 13.4. The van der Waals surface area contributed by atoms with Crippen molar-refractivity contribution in [2.24, 2.45) is 0 Å². The summed E-state index contributed by atoms with van der Waals surface area (Å²) in [5.41, 5.74) is -0.427. The van der Waals surface area contributed by atoms with Crippen LogP contribution in [-0.4, -0.2) is 23.9 Å². The zero-order valence-corrected chi connectivity index (χ0v) is 11.5. The fourth-order valence-electron chi connectivity index (χ4n) is 3.01. The SMILES string of the molecule is O=C1CN(c2ccc(Cl)c(F)c2)C(=O)C2(CCCC2)N1. The third kappa shape index (κ3) is 2.06. The van der Waals surface area contributed by atoms with Gasteiger partial charge in [0.25, 0.3) is 5.91 Å². The number of hydrogen-bond acceptors (Lipinski definition) is 2. The minimum atomic E-state index is -0.800. The van der Waals surface area contributed by atoms with Crippen molar-refractivity contribution in [2.45, 2.75) is 31.2 Å². The fourth-order valence-corrected chi connectivity index (χ4v) is 3.13. The molecule has 106 valence electrons. The minimum absolute atomic E-state index is 0.00163. The summed E-state index contributed by atoms with van der Waals surface area (Å²) in [5, 5.41) is 2.82. The zero-order valence-electron chi connectivity index (χ0n) is 10.8. The van der Waals surface area contributed by atoms with E-state index in [4.69, 9.17) is 11.6 Å². The van der Waals surface area contributed by atoms with Crippen molar-refractivity contribution < 1.29 is 14.0 Å². The molecular weight excluding hydrogens is 283 g/mol. The average molecular weight is 297 g/mol. The summed E-state index contributed by atoms with van der Waals surface area (Å²) < 4.78 is 13.6. The highest BCUT2D eigenvalue weighted by molar-refractivity contribution is 6.30. The van der Waals surface area contributed by atoms with Crippen LogP contribution in [0.3, 0.4) is 0 Å². The molecule has 2 aliphatic rings. The van der Waals surface area contributed by atoms with Crippen LogP contribution in [0.25, 0.3) is 0 Å². The molecule has 3 rings (SSSR count). The van der Waals surface area contributed by atoms with Crippen molar-refractivity contribution in [1.29, 1.82) is 0 Å². The molecule has 1 saturated heterocycles. The quantitative estimate of drug-likeness (QED) is 0.864. The number of hydrogen-bond donors (Lipinski definition) is 1.